The SMILES string of the molecule is O=C(COc1ccc(N2C(=O)[C@H]3CC=CC[C@@H]3C2=O)cc1)c1ccc(-c2ccccc2)cc1. The quantitative estimate of drug-likeness (QED) is 0.307. The van der Waals surface area contributed by atoms with Crippen LogP contribution in [0.15, 0.2) is 91.0 Å². The van der Waals surface area contributed by atoms with E-state index >= 15 is 0 Å². The Morgan fingerprint density at radius 3 is 1.94 bits per heavy atom. The molecule has 1 aliphatic heterocycles. The van der Waals surface area contributed by atoms with Gasteiger partial charge in [-0.2, -0.15) is 0 Å². The molecule has 0 bridgehead atoms. The summed E-state index contributed by atoms with van der Waals surface area (Å²) in [7, 11) is 0. The van der Waals surface area contributed by atoms with Gasteiger partial charge in [-0.05, 0) is 48.2 Å². The molecule has 2 atom stereocenters. The average molecular weight is 437 g/mol. The van der Waals surface area contributed by atoms with Gasteiger partial charge in [0.25, 0.3) is 0 Å². The van der Waals surface area contributed by atoms with E-state index in [1.165, 1.54) is 4.90 Å². The van der Waals surface area contributed by atoms with Gasteiger partial charge in [-0.25, -0.2) is 0 Å². The first kappa shape index (κ1) is 20.9. The number of anilines is 1. The van der Waals surface area contributed by atoms with Crippen molar-refractivity contribution in [1.29, 1.82) is 0 Å². The molecule has 0 N–H and O–H groups in total. The van der Waals surface area contributed by atoms with E-state index in [4.69, 9.17) is 4.74 Å². The molecule has 33 heavy (non-hydrogen) atoms. The summed E-state index contributed by atoms with van der Waals surface area (Å²) in [5, 5.41) is 0. The Morgan fingerprint density at radius 2 is 1.33 bits per heavy atom. The van der Waals surface area contributed by atoms with E-state index in [-0.39, 0.29) is 36.0 Å². The van der Waals surface area contributed by atoms with Crippen LogP contribution in [-0.4, -0.2) is 24.2 Å². The highest BCUT2D eigenvalue weighted by Crippen LogP contribution is 2.38. The molecule has 1 fully saturated rings. The number of carbonyl (C=O) groups excluding carboxylic acids is 3. The van der Waals surface area contributed by atoms with Crippen LogP contribution in [0, 0.1) is 11.8 Å². The number of allylic oxidation sites excluding steroid dienone is 2. The maximum Gasteiger partial charge on any atom is 0.238 e. The molecule has 5 nitrogen and oxygen atoms in total. The molecule has 3 aromatic rings. The highest BCUT2D eigenvalue weighted by molar-refractivity contribution is 6.22. The number of nitrogens with zero attached hydrogens (tertiary/aromatic N) is 1. The van der Waals surface area contributed by atoms with Gasteiger partial charge in [0.05, 0.1) is 17.5 Å². The van der Waals surface area contributed by atoms with Crippen LogP contribution in [0.4, 0.5) is 5.69 Å². The third kappa shape index (κ3) is 4.10. The van der Waals surface area contributed by atoms with Gasteiger partial charge in [-0.3, -0.25) is 19.3 Å². The fraction of sp³-hybridized carbons (Fsp3) is 0.179. The molecule has 2 amide bonds. The first-order valence-corrected chi connectivity index (χ1v) is 11.1. The lowest BCUT2D eigenvalue weighted by molar-refractivity contribution is -0.122. The summed E-state index contributed by atoms with van der Waals surface area (Å²) < 4.78 is 5.66. The Hall–Kier alpha value is -3.99. The van der Waals surface area contributed by atoms with Crippen molar-refractivity contribution in [2.75, 3.05) is 11.5 Å². The monoisotopic (exact) mass is 437 g/mol. The predicted octanol–water partition coefficient (Wildman–Crippen LogP) is 5.07. The van der Waals surface area contributed by atoms with Gasteiger partial charge >= 0.3 is 0 Å². The fourth-order valence-electron chi connectivity index (χ4n) is 4.46. The number of fused-ring (bicyclic) bond motifs is 1. The van der Waals surface area contributed by atoms with Gasteiger partial charge in [0.2, 0.25) is 11.8 Å². The van der Waals surface area contributed by atoms with Gasteiger partial charge in [0.1, 0.15) is 5.75 Å². The van der Waals surface area contributed by atoms with E-state index in [9.17, 15) is 14.4 Å². The summed E-state index contributed by atoms with van der Waals surface area (Å²) in [5.74, 6) is -0.422. The molecule has 3 aromatic carbocycles. The van der Waals surface area contributed by atoms with E-state index in [1.54, 1.807) is 36.4 Å². The van der Waals surface area contributed by atoms with Crippen molar-refractivity contribution in [1.82, 2.24) is 0 Å². The van der Waals surface area contributed by atoms with Gasteiger partial charge in [-0.1, -0.05) is 66.7 Å². The lowest BCUT2D eigenvalue weighted by Crippen LogP contribution is -2.30. The first-order chi connectivity index (χ1) is 16.1. The predicted molar refractivity (Wildman–Crippen MR) is 126 cm³/mol. The molecule has 0 radical (unpaired) electrons. The molecule has 1 saturated heterocycles. The zero-order valence-electron chi connectivity index (χ0n) is 18.0. The highest BCUT2D eigenvalue weighted by Gasteiger charge is 2.47. The molecule has 5 rings (SSSR count). The van der Waals surface area contributed by atoms with Crippen LogP contribution >= 0.6 is 0 Å². The van der Waals surface area contributed by atoms with E-state index in [2.05, 4.69) is 0 Å². The molecule has 0 saturated carbocycles. The first-order valence-electron chi connectivity index (χ1n) is 11.1. The third-order valence-electron chi connectivity index (χ3n) is 6.29. The van der Waals surface area contributed by atoms with Crippen LogP contribution in [0.25, 0.3) is 11.1 Å². The van der Waals surface area contributed by atoms with Crippen LogP contribution in [0.1, 0.15) is 23.2 Å². The number of imide groups is 1. The Bertz CT molecular complexity index is 1190. The number of hydrogen-bond acceptors (Lipinski definition) is 4. The van der Waals surface area contributed by atoms with Gasteiger partial charge in [0.15, 0.2) is 12.4 Å². The van der Waals surface area contributed by atoms with Crippen molar-refractivity contribution in [2.24, 2.45) is 11.8 Å². The number of Topliss-reactive ketones (excluding diaryl/α,β-unsaturated/α-hetero) is 1. The number of benzene rings is 3. The molecule has 5 heteroatoms. The van der Waals surface area contributed by atoms with Crippen molar-refractivity contribution in [2.45, 2.75) is 12.8 Å². The minimum Gasteiger partial charge on any atom is -0.485 e. The minimum atomic E-state index is -0.260. The summed E-state index contributed by atoms with van der Waals surface area (Å²) in [5.41, 5.74) is 3.26. The van der Waals surface area contributed by atoms with Crippen LogP contribution in [0.3, 0.4) is 0 Å². The van der Waals surface area contributed by atoms with Gasteiger partial charge in [-0.15, -0.1) is 0 Å². The molecule has 2 aliphatic rings. The standard InChI is InChI=1S/C28H23NO4/c30-26(21-12-10-20(11-13-21)19-6-2-1-3-7-19)18-33-23-16-14-22(15-17-23)29-27(31)24-8-4-5-9-25(24)28(29)32/h1-7,10-17,24-25H,8-9,18H2/t24-,25-/m0/s1. The number of amides is 2. The normalized spacial score (nSPS) is 19.5. The summed E-state index contributed by atoms with van der Waals surface area (Å²) in [6.07, 6.45) is 5.17. The lowest BCUT2D eigenvalue weighted by atomic mass is 9.85. The van der Waals surface area contributed by atoms with E-state index in [0.29, 0.717) is 29.8 Å². The second-order valence-electron chi connectivity index (χ2n) is 8.32. The van der Waals surface area contributed by atoms with E-state index < -0.39 is 0 Å². The Morgan fingerprint density at radius 1 is 0.758 bits per heavy atom. The lowest BCUT2D eigenvalue weighted by Gasteiger charge is -2.15. The minimum absolute atomic E-state index is 0.0958. The maximum atomic E-state index is 12.7. The van der Waals surface area contributed by atoms with Crippen LogP contribution < -0.4 is 9.64 Å². The van der Waals surface area contributed by atoms with Crippen molar-refractivity contribution < 1.29 is 19.1 Å². The number of rotatable bonds is 6. The Labute approximate surface area is 192 Å². The molecule has 0 aromatic heterocycles. The van der Waals surface area contributed by atoms with Crippen molar-refractivity contribution in [3.05, 3.63) is 96.6 Å². The highest BCUT2D eigenvalue weighted by atomic mass is 16.5. The zero-order valence-corrected chi connectivity index (χ0v) is 18.0. The van der Waals surface area contributed by atoms with Gasteiger partial charge < -0.3 is 4.74 Å². The van der Waals surface area contributed by atoms with Crippen molar-refractivity contribution in [3.8, 4) is 16.9 Å². The van der Waals surface area contributed by atoms with Crippen molar-refractivity contribution in [3.63, 3.8) is 0 Å². The van der Waals surface area contributed by atoms with Crippen molar-refractivity contribution >= 4 is 23.3 Å². The fourth-order valence-corrected chi connectivity index (χ4v) is 4.46. The number of carbonyl (C=O) groups is 3. The molecular formula is C28H23NO4. The largest absolute Gasteiger partial charge is 0.485 e. The number of ether oxygens (including phenoxy) is 1. The third-order valence-corrected chi connectivity index (χ3v) is 6.29. The molecule has 0 spiro atoms. The van der Waals surface area contributed by atoms with Gasteiger partial charge in [0, 0.05) is 5.56 Å². The zero-order chi connectivity index (χ0) is 22.8. The molecule has 0 unspecified atom stereocenters. The Balaban J connectivity index is 1.21. The maximum absolute atomic E-state index is 12.7. The summed E-state index contributed by atoms with van der Waals surface area (Å²) in [6, 6.07) is 24.2. The second-order valence-corrected chi connectivity index (χ2v) is 8.32. The summed E-state index contributed by atoms with van der Waals surface area (Å²) in [4.78, 5) is 39.3. The van der Waals surface area contributed by atoms with Crippen LogP contribution in [-0.2, 0) is 9.59 Å². The summed E-state index contributed by atoms with van der Waals surface area (Å²) >= 11 is 0. The molecule has 1 heterocycles. The molecule has 1 aliphatic carbocycles. The van der Waals surface area contributed by atoms with Crippen LogP contribution in [0.2, 0.25) is 0 Å². The summed E-state index contributed by atoms with van der Waals surface area (Å²) in [6.45, 7) is -0.0958. The molecular weight excluding hydrogens is 414 g/mol. The van der Waals surface area contributed by atoms with Crippen LogP contribution in [0.5, 0.6) is 5.75 Å². The Kier molecular flexibility index (Phi) is 5.61. The number of hydrogen-bond donors (Lipinski definition) is 0. The smallest absolute Gasteiger partial charge is 0.238 e. The topological polar surface area (TPSA) is 63.7 Å². The van der Waals surface area contributed by atoms with E-state index in [0.717, 1.165) is 11.1 Å². The average Bonchev–Trinajstić information content (AvgIpc) is 3.13. The second kappa shape index (κ2) is 8.87. The molecule has 164 valence electrons. The van der Waals surface area contributed by atoms with E-state index in [1.807, 2.05) is 54.6 Å². The number of ketones is 1.